The maximum Gasteiger partial charge on any atom is 0.422 e. The normalized spacial score (nSPS) is 19.1. The quantitative estimate of drug-likeness (QED) is 0.743. The Morgan fingerprint density at radius 1 is 1.15 bits per heavy atom. The average molecular weight is 385 g/mol. The summed E-state index contributed by atoms with van der Waals surface area (Å²) in [5, 5.41) is 0.238. The van der Waals surface area contributed by atoms with E-state index >= 15 is 0 Å². The largest absolute Gasteiger partial charge is 0.425 e. The van der Waals surface area contributed by atoms with Crippen molar-refractivity contribution in [1.29, 1.82) is 0 Å². The lowest BCUT2D eigenvalue weighted by atomic mass is 10.0. The van der Waals surface area contributed by atoms with Gasteiger partial charge in [-0.1, -0.05) is 35.9 Å². The van der Waals surface area contributed by atoms with Gasteiger partial charge >= 0.3 is 6.09 Å². The van der Waals surface area contributed by atoms with Gasteiger partial charge < -0.3 is 9.64 Å². The molecule has 4 rings (SSSR count). The van der Waals surface area contributed by atoms with Crippen LogP contribution in [0, 0.1) is 6.92 Å². The fourth-order valence-electron chi connectivity index (χ4n) is 3.48. The SMILES string of the molecule is Cc1ccc(Cl)c(N2C(=O)OC(C(=O)N3CCCc4ccccc43)C2=O)c1. The Bertz CT molecular complexity index is 959. The zero-order valence-electron chi connectivity index (χ0n) is 14.6. The highest BCUT2D eigenvalue weighted by Gasteiger charge is 2.48. The van der Waals surface area contributed by atoms with Crippen LogP contribution in [0.25, 0.3) is 0 Å². The van der Waals surface area contributed by atoms with E-state index in [2.05, 4.69) is 0 Å². The Morgan fingerprint density at radius 2 is 1.93 bits per heavy atom. The highest BCUT2D eigenvalue weighted by atomic mass is 35.5. The molecule has 1 saturated heterocycles. The lowest BCUT2D eigenvalue weighted by molar-refractivity contribution is -0.134. The van der Waals surface area contributed by atoms with Crippen LogP contribution in [0.2, 0.25) is 5.02 Å². The number of aryl methyl sites for hydroxylation is 2. The number of benzene rings is 2. The van der Waals surface area contributed by atoms with Gasteiger partial charge in [-0.05, 0) is 49.1 Å². The molecule has 1 unspecified atom stereocenters. The van der Waals surface area contributed by atoms with Crippen molar-refractivity contribution in [2.75, 3.05) is 16.3 Å². The standard InChI is InChI=1S/C20H17ClN2O4/c1-12-8-9-14(21)16(11-12)23-19(25)17(27-20(23)26)18(24)22-10-4-6-13-5-2-3-7-15(13)22/h2-3,5,7-9,11,17H,4,6,10H2,1H3. The number of ether oxygens (including phenoxy) is 1. The fraction of sp³-hybridized carbons (Fsp3) is 0.250. The molecule has 2 aromatic rings. The predicted molar refractivity (Wildman–Crippen MR) is 101 cm³/mol. The van der Waals surface area contributed by atoms with Crippen LogP contribution in [0.5, 0.6) is 0 Å². The molecule has 0 saturated carbocycles. The monoisotopic (exact) mass is 384 g/mol. The minimum Gasteiger partial charge on any atom is -0.425 e. The maximum atomic E-state index is 13.0. The smallest absolute Gasteiger partial charge is 0.422 e. The average Bonchev–Trinajstić information content (AvgIpc) is 2.97. The van der Waals surface area contributed by atoms with Crippen molar-refractivity contribution in [3.8, 4) is 0 Å². The lowest BCUT2D eigenvalue weighted by Gasteiger charge is -2.30. The van der Waals surface area contributed by atoms with E-state index in [-0.39, 0.29) is 10.7 Å². The third kappa shape index (κ3) is 2.96. The Kier molecular flexibility index (Phi) is 4.36. The number of carbonyl (C=O) groups excluding carboxylic acids is 3. The second kappa shape index (κ2) is 6.70. The van der Waals surface area contributed by atoms with Gasteiger partial charge in [0.05, 0.1) is 10.7 Å². The van der Waals surface area contributed by atoms with Crippen LogP contribution in [0.1, 0.15) is 17.5 Å². The van der Waals surface area contributed by atoms with Gasteiger partial charge in [0.2, 0.25) is 0 Å². The van der Waals surface area contributed by atoms with Crippen LogP contribution in [0.3, 0.4) is 0 Å². The summed E-state index contributed by atoms with van der Waals surface area (Å²) in [6, 6.07) is 12.5. The topological polar surface area (TPSA) is 66.9 Å². The number of anilines is 2. The van der Waals surface area contributed by atoms with E-state index in [0.29, 0.717) is 6.54 Å². The number of halogens is 1. The minimum absolute atomic E-state index is 0.223. The van der Waals surface area contributed by atoms with Gasteiger partial charge in [-0.2, -0.15) is 0 Å². The third-order valence-corrected chi connectivity index (χ3v) is 5.11. The summed E-state index contributed by atoms with van der Waals surface area (Å²) in [5.74, 6) is -1.26. The van der Waals surface area contributed by atoms with E-state index in [9.17, 15) is 14.4 Å². The van der Waals surface area contributed by atoms with Crippen molar-refractivity contribution >= 4 is 40.9 Å². The molecule has 1 fully saturated rings. The van der Waals surface area contributed by atoms with Gasteiger partial charge in [0, 0.05) is 12.2 Å². The molecule has 2 aromatic carbocycles. The van der Waals surface area contributed by atoms with Crippen molar-refractivity contribution in [2.45, 2.75) is 25.9 Å². The maximum absolute atomic E-state index is 13.0. The predicted octanol–water partition coefficient (Wildman–Crippen LogP) is 3.48. The molecule has 7 heteroatoms. The van der Waals surface area contributed by atoms with E-state index < -0.39 is 24.0 Å². The molecule has 0 N–H and O–H groups in total. The third-order valence-electron chi connectivity index (χ3n) is 4.79. The summed E-state index contributed by atoms with van der Waals surface area (Å²) in [7, 11) is 0. The molecule has 1 atom stereocenters. The Morgan fingerprint density at radius 3 is 2.74 bits per heavy atom. The van der Waals surface area contributed by atoms with Crippen LogP contribution in [-0.4, -0.2) is 30.6 Å². The van der Waals surface area contributed by atoms with Gasteiger partial charge in [0.15, 0.2) is 0 Å². The number of hydrogen-bond acceptors (Lipinski definition) is 4. The van der Waals surface area contributed by atoms with Gasteiger partial charge in [0.1, 0.15) is 0 Å². The number of carbonyl (C=O) groups is 3. The highest BCUT2D eigenvalue weighted by Crippen LogP contribution is 2.33. The molecule has 2 aliphatic heterocycles. The van der Waals surface area contributed by atoms with Crippen molar-refractivity contribution < 1.29 is 19.1 Å². The molecule has 6 nitrogen and oxygen atoms in total. The molecule has 2 aliphatic rings. The summed E-state index contributed by atoms with van der Waals surface area (Å²) in [6.45, 7) is 2.29. The fourth-order valence-corrected chi connectivity index (χ4v) is 3.68. The number of nitrogens with zero attached hydrogens (tertiary/aromatic N) is 2. The molecule has 0 aromatic heterocycles. The number of hydrogen-bond donors (Lipinski definition) is 0. The second-order valence-electron chi connectivity index (χ2n) is 6.61. The molecule has 0 bridgehead atoms. The molecule has 138 valence electrons. The van der Waals surface area contributed by atoms with Gasteiger partial charge in [-0.15, -0.1) is 0 Å². The zero-order valence-corrected chi connectivity index (χ0v) is 15.4. The summed E-state index contributed by atoms with van der Waals surface area (Å²) >= 11 is 6.15. The molecule has 0 spiro atoms. The van der Waals surface area contributed by atoms with Crippen LogP contribution in [0.4, 0.5) is 16.2 Å². The van der Waals surface area contributed by atoms with E-state index in [4.69, 9.17) is 16.3 Å². The van der Waals surface area contributed by atoms with Gasteiger partial charge in [0.25, 0.3) is 17.9 Å². The van der Waals surface area contributed by atoms with Gasteiger partial charge in [-0.25, -0.2) is 9.69 Å². The first-order valence-corrected chi connectivity index (χ1v) is 9.05. The molecular weight excluding hydrogens is 368 g/mol. The first-order chi connectivity index (χ1) is 13.0. The van der Waals surface area contributed by atoms with E-state index in [1.54, 1.807) is 18.2 Å². The van der Waals surface area contributed by atoms with Crippen molar-refractivity contribution in [2.24, 2.45) is 0 Å². The van der Waals surface area contributed by atoms with Crippen LogP contribution in [0.15, 0.2) is 42.5 Å². The van der Waals surface area contributed by atoms with Crippen LogP contribution >= 0.6 is 11.6 Å². The van der Waals surface area contributed by atoms with Crippen molar-refractivity contribution in [3.63, 3.8) is 0 Å². The molecule has 3 amide bonds. The van der Waals surface area contributed by atoms with Crippen molar-refractivity contribution in [1.82, 2.24) is 0 Å². The van der Waals surface area contributed by atoms with Crippen molar-refractivity contribution in [3.05, 3.63) is 58.6 Å². The number of rotatable bonds is 2. The highest BCUT2D eigenvalue weighted by molar-refractivity contribution is 6.36. The first-order valence-electron chi connectivity index (χ1n) is 8.67. The zero-order chi connectivity index (χ0) is 19.1. The molecule has 0 radical (unpaired) electrons. The summed E-state index contributed by atoms with van der Waals surface area (Å²) < 4.78 is 5.15. The van der Waals surface area contributed by atoms with E-state index in [0.717, 1.165) is 34.6 Å². The Balaban J connectivity index is 1.65. The first kappa shape index (κ1) is 17.5. The van der Waals surface area contributed by atoms with E-state index in [1.807, 2.05) is 31.2 Å². The molecular formula is C20H17ClN2O4. The summed E-state index contributed by atoms with van der Waals surface area (Å²) in [5.41, 5.74) is 2.84. The van der Waals surface area contributed by atoms with Crippen LogP contribution < -0.4 is 9.80 Å². The van der Waals surface area contributed by atoms with Crippen LogP contribution in [-0.2, 0) is 20.7 Å². The number of fused-ring (bicyclic) bond motifs is 1. The molecule has 2 heterocycles. The number of imide groups is 1. The number of para-hydroxylation sites is 1. The molecule has 27 heavy (non-hydrogen) atoms. The number of cyclic esters (lactones) is 1. The molecule has 0 aliphatic carbocycles. The lowest BCUT2D eigenvalue weighted by Crippen LogP contribution is -2.46. The van der Waals surface area contributed by atoms with E-state index in [1.165, 1.54) is 4.90 Å². The Labute approximate surface area is 161 Å². The minimum atomic E-state index is -1.50. The Hall–Kier alpha value is -2.86. The number of amides is 3. The van der Waals surface area contributed by atoms with Gasteiger partial charge in [-0.3, -0.25) is 9.59 Å². The summed E-state index contributed by atoms with van der Waals surface area (Å²) in [4.78, 5) is 40.6. The second-order valence-corrected chi connectivity index (χ2v) is 7.02. The summed E-state index contributed by atoms with van der Waals surface area (Å²) in [6.07, 6.45) is -0.745.